The highest BCUT2D eigenvalue weighted by Crippen LogP contribution is 2.31. The van der Waals surface area contributed by atoms with Gasteiger partial charge < -0.3 is 10.2 Å². The van der Waals surface area contributed by atoms with Crippen LogP contribution in [0.4, 0.5) is 0 Å². The minimum absolute atomic E-state index is 0.354. The van der Waals surface area contributed by atoms with E-state index in [1.807, 2.05) is 35.7 Å². The molecule has 0 spiro atoms. The summed E-state index contributed by atoms with van der Waals surface area (Å²) in [7, 11) is 0. The zero-order chi connectivity index (χ0) is 14.4. The second kappa shape index (κ2) is 4.84. The number of furan rings is 1. The van der Waals surface area contributed by atoms with Crippen molar-refractivity contribution in [3.05, 3.63) is 64.3 Å². The van der Waals surface area contributed by atoms with Gasteiger partial charge in [0.1, 0.15) is 5.76 Å². The Morgan fingerprint density at radius 1 is 1.24 bits per heavy atom. The lowest BCUT2D eigenvalue weighted by molar-refractivity contribution is 0.525. The Morgan fingerprint density at radius 3 is 3.00 bits per heavy atom. The van der Waals surface area contributed by atoms with E-state index in [1.165, 1.54) is 0 Å². The first-order valence-electron chi connectivity index (χ1n) is 6.49. The molecule has 0 fully saturated rings. The Balaban J connectivity index is 1.81. The maximum absolute atomic E-state index is 6.32. The Bertz CT molecular complexity index is 944. The van der Waals surface area contributed by atoms with Crippen molar-refractivity contribution >= 4 is 44.1 Å². The van der Waals surface area contributed by atoms with Crippen molar-refractivity contribution in [3.8, 4) is 0 Å². The van der Waals surface area contributed by atoms with E-state index in [0.717, 1.165) is 21.2 Å². The topological polar surface area (TPSA) is 52.0 Å². The third-order valence-electron chi connectivity index (χ3n) is 3.50. The second-order valence-electron chi connectivity index (χ2n) is 4.86. The van der Waals surface area contributed by atoms with Gasteiger partial charge in [-0.1, -0.05) is 23.7 Å². The number of hydrogen-bond donors (Lipinski definition) is 1. The van der Waals surface area contributed by atoms with Gasteiger partial charge in [-0.05, 0) is 35.2 Å². The number of rotatable bonds is 2. The first-order valence-corrected chi connectivity index (χ1v) is 7.75. The van der Waals surface area contributed by atoms with E-state index >= 15 is 0 Å². The Hall–Kier alpha value is -1.88. The number of nitrogens with zero attached hydrogens (tertiary/aromatic N) is 1. The molecule has 0 saturated heterocycles. The van der Waals surface area contributed by atoms with Gasteiger partial charge in [0.15, 0.2) is 5.58 Å². The highest BCUT2D eigenvalue weighted by atomic mass is 35.5. The standard InChI is InChI=1S/C16H11ClN2OS/c17-11-3-1-2-9-6-13(20-16(9)11)15(18)10-7-14-12(19-8-10)4-5-21-14/h1-8,15H,18H2. The van der Waals surface area contributed by atoms with Crippen LogP contribution in [0.1, 0.15) is 17.4 Å². The quantitative estimate of drug-likeness (QED) is 0.581. The highest BCUT2D eigenvalue weighted by Gasteiger charge is 2.16. The minimum atomic E-state index is -0.354. The van der Waals surface area contributed by atoms with Crippen molar-refractivity contribution < 1.29 is 4.42 Å². The van der Waals surface area contributed by atoms with Crippen molar-refractivity contribution in [3.63, 3.8) is 0 Å². The van der Waals surface area contributed by atoms with E-state index in [-0.39, 0.29) is 6.04 Å². The van der Waals surface area contributed by atoms with E-state index in [9.17, 15) is 0 Å². The zero-order valence-electron chi connectivity index (χ0n) is 10.9. The summed E-state index contributed by atoms with van der Waals surface area (Å²) in [4.78, 5) is 4.42. The largest absolute Gasteiger partial charge is 0.457 e. The van der Waals surface area contributed by atoms with E-state index in [1.54, 1.807) is 17.5 Å². The molecule has 1 atom stereocenters. The number of nitrogens with two attached hydrogens (primary N) is 1. The van der Waals surface area contributed by atoms with Gasteiger partial charge in [-0.3, -0.25) is 4.98 Å². The van der Waals surface area contributed by atoms with Crippen LogP contribution in [0.2, 0.25) is 5.02 Å². The maximum Gasteiger partial charge on any atom is 0.152 e. The average molecular weight is 315 g/mol. The number of hydrogen-bond acceptors (Lipinski definition) is 4. The molecule has 3 heterocycles. The van der Waals surface area contributed by atoms with Gasteiger partial charge in [0.05, 0.1) is 21.3 Å². The van der Waals surface area contributed by atoms with Gasteiger partial charge in [-0.15, -0.1) is 11.3 Å². The van der Waals surface area contributed by atoms with Crippen molar-refractivity contribution in [2.75, 3.05) is 0 Å². The predicted octanol–water partition coefficient (Wildman–Crippen LogP) is 4.74. The average Bonchev–Trinajstić information content (AvgIpc) is 3.12. The van der Waals surface area contributed by atoms with Crippen LogP contribution in [0.15, 0.2) is 52.4 Å². The van der Waals surface area contributed by atoms with E-state index in [4.69, 9.17) is 21.8 Å². The SMILES string of the molecule is NC(c1cnc2ccsc2c1)c1cc2cccc(Cl)c2o1. The van der Waals surface area contributed by atoms with Crippen LogP contribution >= 0.6 is 22.9 Å². The van der Waals surface area contributed by atoms with Gasteiger partial charge in [0.25, 0.3) is 0 Å². The number of thiophene rings is 1. The fraction of sp³-hybridized carbons (Fsp3) is 0.0625. The van der Waals surface area contributed by atoms with Crippen molar-refractivity contribution in [1.82, 2.24) is 4.98 Å². The molecule has 0 aliphatic rings. The van der Waals surface area contributed by atoms with Gasteiger partial charge in [0, 0.05) is 11.6 Å². The summed E-state index contributed by atoms with van der Waals surface area (Å²) in [6.07, 6.45) is 1.80. The molecular weight excluding hydrogens is 304 g/mol. The number of benzene rings is 1. The predicted molar refractivity (Wildman–Crippen MR) is 86.9 cm³/mol. The molecule has 4 aromatic rings. The van der Waals surface area contributed by atoms with Crippen LogP contribution < -0.4 is 5.73 Å². The van der Waals surface area contributed by atoms with E-state index in [2.05, 4.69) is 11.1 Å². The molecule has 0 bridgehead atoms. The minimum Gasteiger partial charge on any atom is -0.457 e. The lowest BCUT2D eigenvalue weighted by Crippen LogP contribution is -2.10. The molecule has 3 nitrogen and oxygen atoms in total. The molecule has 0 amide bonds. The Kier molecular flexibility index (Phi) is 2.96. The lowest BCUT2D eigenvalue weighted by Gasteiger charge is -2.08. The lowest BCUT2D eigenvalue weighted by atomic mass is 10.1. The van der Waals surface area contributed by atoms with Gasteiger partial charge in [0.2, 0.25) is 0 Å². The summed E-state index contributed by atoms with van der Waals surface area (Å²) in [6, 6.07) is 11.3. The summed E-state index contributed by atoms with van der Waals surface area (Å²) < 4.78 is 6.95. The molecule has 5 heteroatoms. The molecule has 1 unspecified atom stereocenters. The molecular formula is C16H11ClN2OS. The van der Waals surface area contributed by atoms with Gasteiger partial charge >= 0.3 is 0 Å². The van der Waals surface area contributed by atoms with Crippen LogP contribution in [0.3, 0.4) is 0 Å². The van der Waals surface area contributed by atoms with Gasteiger partial charge in [-0.25, -0.2) is 0 Å². The summed E-state index contributed by atoms with van der Waals surface area (Å²) >= 11 is 7.79. The van der Waals surface area contributed by atoms with E-state index < -0.39 is 0 Å². The van der Waals surface area contributed by atoms with Crippen LogP contribution in [-0.2, 0) is 0 Å². The number of halogens is 1. The first kappa shape index (κ1) is 12.8. The van der Waals surface area contributed by atoms with Gasteiger partial charge in [-0.2, -0.15) is 0 Å². The Morgan fingerprint density at radius 2 is 2.14 bits per heavy atom. The molecule has 1 aromatic carbocycles. The van der Waals surface area contributed by atoms with Crippen molar-refractivity contribution in [1.29, 1.82) is 0 Å². The summed E-state index contributed by atoms with van der Waals surface area (Å²) in [5, 5.41) is 3.57. The third kappa shape index (κ3) is 2.12. The number of aromatic nitrogens is 1. The summed E-state index contributed by atoms with van der Waals surface area (Å²) in [6.45, 7) is 0. The molecule has 0 aliphatic carbocycles. The van der Waals surface area contributed by atoms with Crippen LogP contribution in [0.5, 0.6) is 0 Å². The molecule has 104 valence electrons. The monoisotopic (exact) mass is 314 g/mol. The number of para-hydroxylation sites is 1. The zero-order valence-corrected chi connectivity index (χ0v) is 12.5. The molecule has 0 aliphatic heterocycles. The normalized spacial score (nSPS) is 13.0. The first-order chi connectivity index (χ1) is 10.2. The fourth-order valence-corrected chi connectivity index (χ4v) is 3.41. The fourth-order valence-electron chi connectivity index (χ4n) is 2.40. The summed E-state index contributed by atoms with van der Waals surface area (Å²) in [5.74, 6) is 0.691. The number of fused-ring (bicyclic) bond motifs is 2. The highest BCUT2D eigenvalue weighted by molar-refractivity contribution is 7.17. The molecule has 0 radical (unpaired) electrons. The number of pyridine rings is 1. The smallest absolute Gasteiger partial charge is 0.152 e. The summed E-state index contributed by atoms with van der Waals surface area (Å²) in [5.41, 5.74) is 8.91. The Labute approximate surface area is 130 Å². The molecule has 2 N–H and O–H groups in total. The van der Waals surface area contributed by atoms with Crippen LogP contribution in [-0.4, -0.2) is 4.98 Å². The second-order valence-corrected chi connectivity index (χ2v) is 6.21. The molecule has 0 saturated carbocycles. The van der Waals surface area contributed by atoms with Crippen molar-refractivity contribution in [2.24, 2.45) is 5.73 Å². The van der Waals surface area contributed by atoms with Crippen LogP contribution in [0.25, 0.3) is 21.2 Å². The van der Waals surface area contributed by atoms with Crippen LogP contribution in [0, 0.1) is 0 Å². The van der Waals surface area contributed by atoms with Crippen molar-refractivity contribution in [2.45, 2.75) is 6.04 Å². The van der Waals surface area contributed by atoms with E-state index in [0.29, 0.717) is 16.4 Å². The molecule has 4 rings (SSSR count). The third-order valence-corrected chi connectivity index (χ3v) is 4.66. The maximum atomic E-state index is 6.32. The molecule has 21 heavy (non-hydrogen) atoms. The molecule has 3 aromatic heterocycles.